The van der Waals surface area contributed by atoms with E-state index in [4.69, 9.17) is 21.8 Å². The first-order valence-electron chi connectivity index (χ1n) is 16.0. The maximum Gasteiger partial charge on any atom is 0.328 e. The van der Waals surface area contributed by atoms with Crippen LogP contribution in [0, 0.1) is 23.3 Å². The highest BCUT2D eigenvalue weighted by atomic mass is 35.5. The lowest BCUT2D eigenvalue weighted by Gasteiger charge is -2.40. The molecule has 1 saturated heterocycles. The second kappa shape index (κ2) is 17.2. The third-order valence-electron chi connectivity index (χ3n) is 8.80. The van der Waals surface area contributed by atoms with Crippen molar-refractivity contribution in [3.05, 3.63) is 142 Å². The summed E-state index contributed by atoms with van der Waals surface area (Å²) >= 11 is 7.64. The summed E-state index contributed by atoms with van der Waals surface area (Å²) < 4.78 is 55.7. The Morgan fingerprint density at radius 2 is 1.34 bits per heavy atom. The number of benzene rings is 4. The van der Waals surface area contributed by atoms with Crippen molar-refractivity contribution >= 4 is 35.3 Å². The number of hydrogen-bond donors (Lipinski definition) is 2. The molecule has 6 rings (SSSR count). The fraction of sp³-hybridized carbons (Fsp3) is 0.263. The van der Waals surface area contributed by atoms with Crippen LogP contribution in [0.25, 0.3) is 0 Å². The molecule has 4 aromatic carbocycles. The maximum atomic E-state index is 14.5. The predicted molar refractivity (Wildman–Crippen MR) is 185 cm³/mol. The molecular formula is C38H35ClF4N2O4S. The van der Waals surface area contributed by atoms with Crippen molar-refractivity contribution in [1.29, 1.82) is 0 Å². The molecular weight excluding hydrogens is 692 g/mol. The third kappa shape index (κ3) is 9.97. The summed E-state index contributed by atoms with van der Waals surface area (Å²) in [7, 11) is 0. The van der Waals surface area contributed by atoms with Gasteiger partial charge in [-0.1, -0.05) is 53.7 Å². The number of piperazine rings is 1. The number of fused-ring (bicyclic) bond motifs is 2. The Morgan fingerprint density at radius 3 is 1.90 bits per heavy atom. The first-order chi connectivity index (χ1) is 24.0. The maximum absolute atomic E-state index is 14.5. The second-order valence-corrected chi connectivity index (χ2v) is 13.6. The molecule has 0 amide bonds. The van der Waals surface area contributed by atoms with Crippen LogP contribution in [0.15, 0.2) is 101 Å². The minimum absolute atomic E-state index is 0.0146. The summed E-state index contributed by atoms with van der Waals surface area (Å²) in [4.78, 5) is 25.6. The lowest BCUT2D eigenvalue weighted by molar-refractivity contribution is -0.134. The highest BCUT2D eigenvalue weighted by molar-refractivity contribution is 7.99. The number of rotatable bonds is 9. The van der Waals surface area contributed by atoms with Crippen molar-refractivity contribution in [1.82, 2.24) is 9.80 Å². The molecule has 2 aliphatic rings. The minimum Gasteiger partial charge on any atom is -0.478 e. The van der Waals surface area contributed by atoms with Crippen LogP contribution < -0.4 is 0 Å². The van der Waals surface area contributed by atoms with Gasteiger partial charge < -0.3 is 15.1 Å². The Bertz CT molecular complexity index is 1770. The van der Waals surface area contributed by atoms with Gasteiger partial charge in [-0.25, -0.2) is 27.2 Å². The van der Waals surface area contributed by atoms with E-state index in [1.165, 1.54) is 54.2 Å². The molecule has 262 valence electrons. The highest BCUT2D eigenvalue weighted by Gasteiger charge is 2.31. The number of carboxylic acid groups (broad SMARTS) is 2. The van der Waals surface area contributed by atoms with Crippen molar-refractivity contribution in [3.63, 3.8) is 0 Å². The zero-order chi connectivity index (χ0) is 35.8. The fourth-order valence-electron chi connectivity index (χ4n) is 6.32. The Labute approximate surface area is 297 Å². The van der Waals surface area contributed by atoms with Gasteiger partial charge in [0, 0.05) is 60.1 Å². The molecule has 0 spiro atoms. The summed E-state index contributed by atoms with van der Waals surface area (Å²) in [5.41, 5.74) is 4.08. The molecule has 0 aromatic heterocycles. The summed E-state index contributed by atoms with van der Waals surface area (Å²) in [5, 5.41) is 15.7. The number of halogens is 5. The average molecular weight is 727 g/mol. The summed E-state index contributed by atoms with van der Waals surface area (Å²) in [6.07, 6.45) is 3.62. The van der Waals surface area contributed by atoms with Crippen molar-refractivity contribution in [2.75, 3.05) is 32.7 Å². The summed E-state index contributed by atoms with van der Waals surface area (Å²) in [6.45, 7) is 4.40. The van der Waals surface area contributed by atoms with E-state index in [0.29, 0.717) is 18.6 Å². The van der Waals surface area contributed by atoms with Crippen LogP contribution >= 0.6 is 23.4 Å². The van der Waals surface area contributed by atoms with Crippen LogP contribution in [0.3, 0.4) is 0 Å². The molecule has 0 radical (unpaired) electrons. The molecule has 0 aliphatic carbocycles. The molecule has 4 aromatic rings. The van der Waals surface area contributed by atoms with Crippen LogP contribution in [0.4, 0.5) is 17.6 Å². The highest BCUT2D eigenvalue weighted by Crippen LogP contribution is 2.45. The van der Waals surface area contributed by atoms with E-state index in [1.807, 2.05) is 30.3 Å². The standard InChI is InChI=1S/C34H31ClF4N2S.C4H4O4/c35-30-20-29-32(18-24-7-12-27(38)19-33(24)42-34(29)21-31(30)39)41-16-14-40(15-17-41)13-1-2-28(22-3-8-25(36)9-4-22)23-5-10-26(37)11-6-23;5-3(6)1-2-4(7)8/h3-12,19-21,28,32H,1-2,13-18H2;1-2H,(H,5,6)(H,7,8)/b;2-1-. The lowest BCUT2D eigenvalue weighted by atomic mass is 9.87. The molecule has 1 atom stereocenters. The molecule has 0 saturated carbocycles. The molecule has 50 heavy (non-hydrogen) atoms. The molecule has 2 heterocycles. The molecule has 6 nitrogen and oxygen atoms in total. The number of carbonyl (C=O) groups is 2. The smallest absolute Gasteiger partial charge is 0.328 e. The monoisotopic (exact) mass is 726 g/mol. The molecule has 2 N–H and O–H groups in total. The molecule has 0 bridgehead atoms. The number of carboxylic acids is 2. The SMILES string of the molecule is Fc1ccc(C(CCCN2CCN(C3Cc4ccc(F)cc4Sc4cc(F)c(Cl)cc43)CC2)c2ccc(F)cc2)cc1.O=C(O)/C=C\C(=O)O. The molecule has 2 aliphatic heterocycles. The van der Waals surface area contributed by atoms with E-state index < -0.39 is 17.8 Å². The van der Waals surface area contributed by atoms with Crippen LogP contribution in [0.5, 0.6) is 0 Å². The van der Waals surface area contributed by atoms with Gasteiger partial charge in [-0.05, 0) is 96.6 Å². The van der Waals surface area contributed by atoms with E-state index >= 15 is 0 Å². The van der Waals surface area contributed by atoms with E-state index in [9.17, 15) is 27.2 Å². The first kappa shape index (κ1) is 37.1. The van der Waals surface area contributed by atoms with Crippen LogP contribution in [-0.4, -0.2) is 64.7 Å². The van der Waals surface area contributed by atoms with Gasteiger partial charge >= 0.3 is 11.9 Å². The largest absolute Gasteiger partial charge is 0.478 e. The van der Waals surface area contributed by atoms with Crippen molar-refractivity contribution in [2.24, 2.45) is 0 Å². The van der Waals surface area contributed by atoms with Gasteiger partial charge in [0.15, 0.2) is 0 Å². The minimum atomic E-state index is -1.26. The van der Waals surface area contributed by atoms with E-state index in [-0.39, 0.29) is 34.4 Å². The normalized spacial score (nSPS) is 16.3. The Hall–Kier alpha value is -4.16. The number of aliphatic carboxylic acids is 2. The number of hydrogen-bond acceptors (Lipinski definition) is 5. The summed E-state index contributed by atoms with van der Waals surface area (Å²) in [5.74, 6) is -3.77. The average Bonchev–Trinajstić information content (AvgIpc) is 3.24. The van der Waals surface area contributed by atoms with Crippen LogP contribution in [0.1, 0.15) is 47.1 Å². The van der Waals surface area contributed by atoms with Crippen molar-refractivity contribution < 1.29 is 37.4 Å². The Morgan fingerprint density at radius 1 is 0.780 bits per heavy atom. The van der Waals surface area contributed by atoms with Gasteiger partial charge in [0.2, 0.25) is 0 Å². The zero-order valence-electron chi connectivity index (χ0n) is 26.9. The van der Waals surface area contributed by atoms with Crippen molar-refractivity contribution in [2.45, 2.75) is 41.0 Å². The van der Waals surface area contributed by atoms with Crippen LogP contribution in [-0.2, 0) is 16.0 Å². The Kier molecular flexibility index (Phi) is 12.7. The quantitative estimate of drug-likeness (QED) is 0.132. The first-order valence-corrected chi connectivity index (χ1v) is 17.2. The van der Waals surface area contributed by atoms with Gasteiger partial charge in [0.1, 0.15) is 23.3 Å². The topological polar surface area (TPSA) is 81.1 Å². The van der Waals surface area contributed by atoms with Gasteiger partial charge in [-0.3, -0.25) is 4.90 Å². The fourth-order valence-corrected chi connectivity index (χ4v) is 7.66. The van der Waals surface area contributed by atoms with Gasteiger partial charge in [-0.15, -0.1) is 0 Å². The number of nitrogens with zero attached hydrogens (tertiary/aromatic N) is 2. The van der Waals surface area contributed by atoms with Gasteiger partial charge in [0.25, 0.3) is 0 Å². The van der Waals surface area contributed by atoms with E-state index in [2.05, 4.69) is 9.80 Å². The molecule has 12 heteroatoms. The zero-order valence-corrected chi connectivity index (χ0v) is 28.4. The van der Waals surface area contributed by atoms with E-state index in [1.54, 1.807) is 6.07 Å². The van der Waals surface area contributed by atoms with Crippen LogP contribution in [0.2, 0.25) is 5.02 Å². The molecule has 1 fully saturated rings. The Balaban J connectivity index is 0.000000544. The third-order valence-corrected chi connectivity index (χ3v) is 10.3. The van der Waals surface area contributed by atoms with E-state index in [0.717, 1.165) is 77.6 Å². The summed E-state index contributed by atoms with van der Waals surface area (Å²) in [6, 6.07) is 21.3. The predicted octanol–water partition coefficient (Wildman–Crippen LogP) is 8.59. The second-order valence-electron chi connectivity index (χ2n) is 12.1. The van der Waals surface area contributed by atoms with Crippen molar-refractivity contribution in [3.8, 4) is 0 Å². The van der Waals surface area contributed by atoms with Gasteiger partial charge in [0.05, 0.1) is 5.02 Å². The molecule has 1 unspecified atom stereocenters. The lowest BCUT2D eigenvalue weighted by Crippen LogP contribution is -2.48. The van der Waals surface area contributed by atoms with Gasteiger partial charge in [-0.2, -0.15) is 0 Å².